The van der Waals surface area contributed by atoms with Crippen molar-refractivity contribution in [3.63, 3.8) is 0 Å². The highest BCUT2D eigenvalue weighted by Crippen LogP contribution is 2.25. The van der Waals surface area contributed by atoms with Crippen molar-refractivity contribution in [3.8, 4) is 5.75 Å². The number of imidazole rings is 1. The number of aromatic amines is 1. The summed E-state index contributed by atoms with van der Waals surface area (Å²) in [6.07, 6.45) is 0. The van der Waals surface area contributed by atoms with E-state index in [1.54, 1.807) is 6.07 Å². The lowest BCUT2D eigenvalue weighted by Crippen LogP contribution is -2.00. The fourth-order valence-electron chi connectivity index (χ4n) is 2.29. The van der Waals surface area contributed by atoms with Crippen LogP contribution in [0, 0.1) is 10.6 Å². The molecule has 0 atom stereocenters. The van der Waals surface area contributed by atoms with Gasteiger partial charge in [0.05, 0.1) is 24.7 Å². The number of hydrogen-bond donors (Lipinski definition) is 1. The zero-order valence-corrected chi connectivity index (χ0v) is 12.8. The molecule has 0 saturated heterocycles. The largest absolute Gasteiger partial charge is 0.494 e. The van der Waals surface area contributed by atoms with Crippen LogP contribution in [-0.4, -0.2) is 16.7 Å². The monoisotopic (exact) mass is 322 g/mol. The lowest BCUT2D eigenvalue weighted by Gasteiger charge is -2.07. The van der Waals surface area contributed by atoms with Gasteiger partial charge in [0, 0.05) is 17.2 Å². The number of rotatable bonds is 3. The molecule has 3 aromatic rings. The number of fused-ring (bicyclic) bond motifs is 1. The van der Waals surface area contributed by atoms with Gasteiger partial charge >= 0.3 is 0 Å². The van der Waals surface area contributed by atoms with Gasteiger partial charge in [-0.15, -0.1) is 0 Å². The first-order valence-electron chi connectivity index (χ1n) is 6.29. The van der Waals surface area contributed by atoms with Gasteiger partial charge in [-0.1, -0.05) is 23.7 Å². The highest BCUT2D eigenvalue weighted by atomic mass is 35.5. The van der Waals surface area contributed by atoms with E-state index in [-0.39, 0.29) is 5.75 Å². The highest BCUT2D eigenvalue weighted by Gasteiger charge is 2.11. The Kier molecular flexibility index (Phi) is 3.69. The third-order valence-corrected chi connectivity index (χ3v) is 3.83. The summed E-state index contributed by atoms with van der Waals surface area (Å²) < 4.78 is 21.2. The topological polar surface area (TPSA) is 29.9 Å². The van der Waals surface area contributed by atoms with Crippen molar-refractivity contribution in [2.45, 2.75) is 6.54 Å². The zero-order chi connectivity index (χ0) is 15.0. The van der Waals surface area contributed by atoms with E-state index in [1.807, 2.05) is 28.8 Å². The van der Waals surface area contributed by atoms with Crippen molar-refractivity contribution in [2.75, 3.05) is 7.11 Å². The zero-order valence-electron chi connectivity index (χ0n) is 11.2. The smallest absolute Gasteiger partial charge is 0.178 e. The summed E-state index contributed by atoms with van der Waals surface area (Å²) in [6, 6.07) is 10.6. The van der Waals surface area contributed by atoms with Crippen molar-refractivity contribution in [1.82, 2.24) is 9.55 Å². The van der Waals surface area contributed by atoms with Gasteiger partial charge in [-0.05, 0) is 29.9 Å². The van der Waals surface area contributed by atoms with Gasteiger partial charge in [0.2, 0.25) is 0 Å². The molecule has 6 heteroatoms. The van der Waals surface area contributed by atoms with Gasteiger partial charge < -0.3 is 14.3 Å². The number of nitrogens with zero attached hydrogens (tertiary/aromatic N) is 1. The van der Waals surface area contributed by atoms with Crippen LogP contribution in [0.5, 0.6) is 5.75 Å². The summed E-state index contributed by atoms with van der Waals surface area (Å²) in [5.74, 6) is -0.229. The Morgan fingerprint density at radius 1 is 1.33 bits per heavy atom. The lowest BCUT2D eigenvalue weighted by molar-refractivity contribution is 0.387. The van der Waals surface area contributed by atoms with Crippen LogP contribution in [0.2, 0.25) is 5.02 Å². The van der Waals surface area contributed by atoms with Crippen LogP contribution in [-0.2, 0) is 6.54 Å². The predicted octanol–water partition coefficient (Wildman–Crippen LogP) is 4.55. The molecule has 2 aromatic carbocycles. The Labute approximate surface area is 130 Å². The number of ether oxygens (including phenoxy) is 1. The van der Waals surface area contributed by atoms with Crippen LogP contribution in [0.15, 0.2) is 36.4 Å². The second-order valence-corrected chi connectivity index (χ2v) is 5.47. The minimum absolute atomic E-state index is 0.191. The van der Waals surface area contributed by atoms with Gasteiger partial charge in [-0.3, -0.25) is 0 Å². The molecule has 0 bridgehead atoms. The van der Waals surface area contributed by atoms with E-state index in [9.17, 15) is 4.39 Å². The molecule has 3 nitrogen and oxygen atoms in total. The van der Waals surface area contributed by atoms with Crippen LogP contribution >= 0.6 is 23.8 Å². The first-order chi connectivity index (χ1) is 10.1. The predicted molar refractivity (Wildman–Crippen MR) is 84.2 cm³/mol. The molecule has 0 saturated carbocycles. The Morgan fingerprint density at radius 3 is 2.86 bits per heavy atom. The number of halogens is 2. The van der Waals surface area contributed by atoms with Crippen molar-refractivity contribution < 1.29 is 9.13 Å². The van der Waals surface area contributed by atoms with Crippen molar-refractivity contribution in [1.29, 1.82) is 0 Å². The Balaban J connectivity index is 2.13. The maximum Gasteiger partial charge on any atom is 0.178 e. The second kappa shape index (κ2) is 5.50. The third-order valence-electron chi connectivity index (χ3n) is 3.28. The second-order valence-electron chi connectivity index (χ2n) is 4.65. The van der Waals surface area contributed by atoms with Crippen molar-refractivity contribution in [2.24, 2.45) is 0 Å². The molecular formula is C15H12ClFN2OS. The van der Waals surface area contributed by atoms with Crippen LogP contribution < -0.4 is 4.74 Å². The van der Waals surface area contributed by atoms with E-state index in [4.69, 9.17) is 28.6 Å². The van der Waals surface area contributed by atoms with E-state index in [2.05, 4.69) is 4.98 Å². The summed E-state index contributed by atoms with van der Waals surface area (Å²) in [7, 11) is 1.44. The molecule has 0 unspecified atom stereocenters. The number of hydrogen-bond acceptors (Lipinski definition) is 2. The fourth-order valence-corrected chi connectivity index (χ4v) is 2.78. The summed E-state index contributed by atoms with van der Waals surface area (Å²) in [5, 5.41) is 0.669. The van der Waals surface area contributed by atoms with E-state index >= 15 is 0 Å². The Morgan fingerprint density at radius 2 is 2.14 bits per heavy atom. The highest BCUT2D eigenvalue weighted by molar-refractivity contribution is 7.71. The van der Waals surface area contributed by atoms with E-state index in [0.717, 1.165) is 11.1 Å². The summed E-state index contributed by atoms with van der Waals surface area (Å²) in [4.78, 5) is 3.00. The fraction of sp³-hybridized carbons (Fsp3) is 0.133. The maximum atomic E-state index is 13.7. The molecule has 1 N–H and O–H groups in total. The SMILES string of the molecule is COc1cc2c(cc1F)[nH]c(=S)n2Cc1cccc(Cl)c1. The van der Waals surface area contributed by atoms with Gasteiger partial charge in [-0.25, -0.2) is 4.39 Å². The molecule has 0 aliphatic carbocycles. The minimum atomic E-state index is -0.420. The summed E-state index contributed by atoms with van der Waals surface area (Å²) in [6.45, 7) is 0.550. The third kappa shape index (κ3) is 2.66. The molecule has 0 radical (unpaired) electrons. The van der Waals surface area contributed by atoms with Crippen LogP contribution in [0.3, 0.4) is 0 Å². The first kappa shape index (κ1) is 14.1. The molecule has 0 aliphatic rings. The number of aromatic nitrogens is 2. The molecule has 0 amide bonds. The van der Waals surface area contributed by atoms with Crippen molar-refractivity contribution in [3.05, 3.63) is 57.6 Å². The average molecular weight is 323 g/mol. The number of benzene rings is 2. The molecule has 3 rings (SSSR count). The molecule has 0 spiro atoms. The van der Waals surface area contributed by atoms with Crippen LogP contribution in [0.1, 0.15) is 5.56 Å². The number of methoxy groups -OCH3 is 1. The maximum absolute atomic E-state index is 13.7. The van der Waals surface area contributed by atoms with E-state index < -0.39 is 5.82 Å². The first-order valence-corrected chi connectivity index (χ1v) is 7.07. The molecule has 1 heterocycles. The van der Waals surface area contributed by atoms with Crippen LogP contribution in [0.25, 0.3) is 11.0 Å². The van der Waals surface area contributed by atoms with Gasteiger partial charge in [0.25, 0.3) is 0 Å². The average Bonchev–Trinajstić information content (AvgIpc) is 2.73. The number of H-pyrrole nitrogens is 1. The summed E-state index contributed by atoms with van der Waals surface area (Å²) >= 11 is 11.3. The molecular weight excluding hydrogens is 311 g/mol. The molecule has 21 heavy (non-hydrogen) atoms. The molecule has 0 aliphatic heterocycles. The normalized spacial score (nSPS) is 11.0. The molecule has 0 fully saturated rings. The molecule has 108 valence electrons. The lowest BCUT2D eigenvalue weighted by atomic mass is 10.2. The standard InChI is InChI=1S/C15H12ClFN2OS/c1-20-14-7-13-12(6-11(14)17)18-15(21)19(13)8-9-3-2-4-10(16)5-9/h2-7H,8H2,1H3,(H,18,21). The van der Waals surface area contributed by atoms with Gasteiger partial charge in [0.1, 0.15) is 0 Å². The van der Waals surface area contributed by atoms with Crippen molar-refractivity contribution >= 4 is 34.9 Å². The van der Waals surface area contributed by atoms with E-state index in [1.165, 1.54) is 13.2 Å². The van der Waals surface area contributed by atoms with Crippen LogP contribution in [0.4, 0.5) is 4.39 Å². The summed E-state index contributed by atoms with van der Waals surface area (Å²) in [5.41, 5.74) is 2.45. The quantitative estimate of drug-likeness (QED) is 0.717. The van der Waals surface area contributed by atoms with Gasteiger partial charge in [-0.2, -0.15) is 0 Å². The van der Waals surface area contributed by atoms with Gasteiger partial charge in [0.15, 0.2) is 16.3 Å². The number of nitrogens with one attached hydrogen (secondary N) is 1. The van der Waals surface area contributed by atoms with E-state index in [0.29, 0.717) is 21.9 Å². The Bertz CT molecular complexity index is 872. The minimum Gasteiger partial charge on any atom is -0.494 e. The molecule has 1 aromatic heterocycles. The Hall–Kier alpha value is -1.85.